The third-order valence-electron chi connectivity index (χ3n) is 4.58. The van der Waals surface area contributed by atoms with Crippen LogP contribution in [0.3, 0.4) is 0 Å². The number of methoxy groups -OCH3 is 1. The first-order valence-electron chi connectivity index (χ1n) is 9.01. The van der Waals surface area contributed by atoms with Crippen molar-refractivity contribution in [3.8, 4) is 17.1 Å². The van der Waals surface area contributed by atoms with Gasteiger partial charge in [-0.05, 0) is 25.0 Å². The second-order valence-electron chi connectivity index (χ2n) is 6.50. The number of rotatable bonds is 6. The van der Waals surface area contributed by atoms with Crippen molar-refractivity contribution in [2.45, 2.75) is 57.4 Å². The summed E-state index contributed by atoms with van der Waals surface area (Å²) in [4.78, 5) is 16.5. The Labute approximate surface area is 148 Å². The Kier molecular flexibility index (Phi) is 6.04. The molecule has 3 rings (SSSR count). The number of hydrogen-bond acceptors (Lipinski definition) is 5. The molecule has 6 nitrogen and oxygen atoms in total. The second kappa shape index (κ2) is 8.65. The molecular formula is C19H25N3O3. The lowest BCUT2D eigenvalue weighted by Crippen LogP contribution is -2.34. The molecule has 1 aliphatic carbocycles. The lowest BCUT2D eigenvalue weighted by Gasteiger charge is -2.15. The van der Waals surface area contributed by atoms with Gasteiger partial charge in [-0.3, -0.25) is 4.79 Å². The minimum absolute atomic E-state index is 0.0630. The van der Waals surface area contributed by atoms with Crippen LogP contribution in [0.15, 0.2) is 28.8 Å². The third kappa shape index (κ3) is 5.05. The van der Waals surface area contributed by atoms with Crippen molar-refractivity contribution in [2.75, 3.05) is 7.11 Å². The summed E-state index contributed by atoms with van der Waals surface area (Å²) in [6.07, 6.45) is 7.98. The van der Waals surface area contributed by atoms with Gasteiger partial charge in [-0.15, -0.1) is 0 Å². The van der Waals surface area contributed by atoms with Crippen molar-refractivity contribution in [2.24, 2.45) is 0 Å². The van der Waals surface area contributed by atoms with Crippen molar-refractivity contribution in [3.05, 3.63) is 30.2 Å². The van der Waals surface area contributed by atoms with Crippen LogP contribution in [0.2, 0.25) is 0 Å². The number of carbonyl (C=O) groups excluding carboxylic acids is 1. The molecule has 1 N–H and O–H groups in total. The number of amides is 1. The average Bonchev–Trinajstić information content (AvgIpc) is 2.97. The Balaban J connectivity index is 1.51. The van der Waals surface area contributed by atoms with Gasteiger partial charge in [0.15, 0.2) is 0 Å². The molecule has 0 unspecified atom stereocenters. The van der Waals surface area contributed by atoms with E-state index in [0.29, 0.717) is 30.6 Å². The maximum atomic E-state index is 12.1. The van der Waals surface area contributed by atoms with Gasteiger partial charge in [-0.2, -0.15) is 4.98 Å². The van der Waals surface area contributed by atoms with E-state index in [1.165, 1.54) is 25.7 Å². The highest BCUT2D eigenvalue weighted by molar-refractivity contribution is 5.76. The van der Waals surface area contributed by atoms with Crippen LogP contribution in [0, 0.1) is 0 Å². The summed E-state index contributed by atoms with van der Waals surface area (Å²) in [6, 6.07) is 7.82. The zero-order valence-electron chi connectivity index (χ0n) is 14.7. The van der Waals surface area contributed by atoms with Gasteiger partial charge in [-0.25, -0.2) is 0 Å². The van der Waals surface area contributed by atoms with Crippen LogP contribution < -0.4 is 10.1 Å². The molecule has 1 aromatic heterocycles. The van der Waals surface area contributed by atoms with Gasteiger partial charge in [0.25, 0.3) is 0 Å². The van der Waals surface area contributed by atoms with Crippen molar-refractivity contribution in [1.29, 1.82) is 0 Å². The molecule has 1 aliphatic rings. The van der Waals surface area contributed by atoms with E-state index in [0.717, 1.165) is 24.2 Å². The summed E-state index contributed by atoms with van der Waals surface area (Å²) < 4.78 is 10.5. The summed E-state index contributed by atoms with van der Waals surface area (Å²) in [5, 5.41) is 7.13. The van der Waals surface area contributed by atoms with E-state index in [1.807, 2.05) is 24.3 Å². The monoisotopic (exact) mass is 343 g/mol. The van der Waals surface area contributed by atoms with Crippen molar-refractivity contribution >= 4 is 5.91 Å². The van der Waals surface area contributed by atoms with Crippen LogP contribution in [-0.4, -0.2) is 29.2 Å². The maximum absolute atomic E-state index is 12.1. The minimum atomic E-state index is 0.0630. The fraction of sp³-hybridized carbons (Fsp3) is 0.526. The molecule has 0 spiro atoms. The van der Waals surface area contributed by atoms with Gasteiger partial charge in [0.05, 0.1) is 7.11 Å². The van der Waals surface area contributed by atoms with Crippen molar-refractivity contribution in [3.63, 3.8) is 0 Å². The highest BCUT2D eigenvalue weighted by Crippen LogP contribution is 2.21. The molecule has 0 saturated heterocycles. The quantitative estimate of drug-likeness (QED) is 0.812. The fourth-order valence-electron chi connectivity index (χ4n) is 3.18. The van der Waals surface area contributed by atoms with Crippen LogP contribution in [-0.2, 0) is 11.2 Å². The summed E-state index contributed by atoms with van der Waals surface area (Å²) in [6.45, 7) is 0. The van der Waals surface area contributed by atoms with E-state index in [1.54, 1.807) is 7.11 Å². The SMILES string of the molecule is COc1cccc(-c2noc(CCC(=O)NC3CCCCCC3)n2)c1. The molecule has 1 amide bonds. The number of hydrogen-bond donors (Lipinski definition) is 1. The zero-order chi connectivity index (χ0) is 17.5. The number of nitrogens with zero attached hydrogens (tertiary/aromatic N) is 2. The van der Waals surface area contributed by atoms with Crippen LogP contribution in [0.25, 0.3) is 11.4 Å². The Hall–Kier alpha value is -2.37. The van der Waals surface area contributed by atoms with Gasteiger partial charge in [0.1, 0.15) is 5.75 Å². The van der Waals surface area contributed by atoms with Crippen molar-refractivity contribution < 1.29 is 14.1 Å². The molecule has 1 saturated carbocycles. The molecule has 1 fully saturated rings. The van der Waals surface area contributed by atoms with Gasteiger partial charge >= 0.3 is 0 Å². The number of ether oxygens (including phenoxy) is 1. The summed E-state index contributed by atoms with van der Waals surface area (Å²) in [5.41, 5.74) is 0.831. The first-order valence-corrected chi connectivity index (χ1v) is 9.01. The highest BCUT2D eigenvalue weighted by atomic mass is 16.5. The van der Waals surface area contributed by atoms with Gasteiger partial charge in [-0.1, -0.05) is 43.0 Å². The van der Waals surface area contributed by atoms with Crippen LogP contribution in [0.5, 0.6) is 5.75 Å². The Morgan fingerprint density at radius 1 is 1.28 bits per heavy atom. The molecule has 0 radical (unpaired) electrons. The Morgan fingerprint density at radius 2 is 2.08 bits per heavy atom. The van der Waals surface area contributed by atoms with Crippen LogP contribution >= 0.6 is 0 Å². The predicted molar refractivity (Wildman–Crippen MR) is 94.2 cm³/mol. The number of aryl methyl sites for hydroxylation is 1. The predicted octanol–water partition coefficient (Wildman–Crippen LogP) is 3.52. The molecule has 1 heterocycles. The van der Waals surface area contributed by atoms with Crippen LogP contribution in [0.1, 0.15) is 50.8 Å². The molecular weight excluding hydrogens is 318 g/mol. The fourth-order valence-corrected chi connectivity index (χ4v) is 3.18. The third-order valence-corrected chi connectivity index (χ3v) is 4.58. The zero-order valence-corrected chi connectivity index (χ0v) is 14.7. The molecule has 134 valence electrons. The average molecular weight is 343 g/mol. The van der Waals surface area contributed by atoms with E-state index in [9.17, 15) is 4.79 Å². The Morgan fingerprint density at radius 3 is 2.84 bits per heavy atom. The largest absolute Gasteiger partial charge is 0.497 e. The second-order valence-corrected chi connectivity index (χ2v) is 6.50. The van der Waals surface area contributed by atoms with Crippen molar-refractivity contribution in [1.82, 2.24) is 15.5 Å². The smallest absolute Gasteiger partial charge is 0.227 e. The highest BCUT2D eigenvalue weighted by Gasteiger charge is 2.16. The maximum Gasteiger partial charge on any atom is 0.227 e. The molecule has 0 aliphatic heterocycles. The first-order chi connectivity index (χ1) is 12.2. The standard InChI is InChI=1S/C19H25N3O3/c1-24-16-10-6-7-14(13-16)19-21-18(25-22-19)12-11-17(23)20-15-8-4-2-3-5-9-15/h6-7,10,13,15H,2-5,8-9,11-12H2,1H3,(H,20,23). The minimum Gasteiger partial charge on any atom is -0.497 e. The van der Waals surface area contributed by atoms with Crippen LogP contribution in [0.4, 0.5) is 0 Å². The Bertz CT molecular complexity index is 691. The number of nitrogens with one attached hydrogen (secondary N) is 1. The van der Waals surface area contributed by atoms with Gasteiger partial charge in [0, 0.05) is 24.4 Å². The summed E-state index contributed by atoms with van der Waals surface area (Å²) >= 11 is 0. The normalized spacial score (nSPS) is 15.6. The molecule has 1 aromatic carbocycles. The summed E-state index contributed by atoms with van der Waals surface area (Å²) in [7, 11) is 1.62. The molecule has 25 heavy (non-hydrogen) atoms. The number of aromatic nitrogens is 2. The van der Waals surface area contributed by atoms with E-state index in [-0.39, 0.29) is 5.91 Å². The first kappa shape index (κ1) is 17.5. The molecule has 0 atom stereocenters. The number of benzene rings is 1. The van der Waals surface area contributed by atoms with E-state index in [4.69, 9.17) is 9.26 Å². The van der Waals surface area contributed by atoms with Gasteiger partial charge in [0.2, 0.25) is 17.6 Å². The molecule has 2 aromatic rings. The van der Waals surface area contributed by atoms with E-state index in [2.05, 4.69) is 15.5 Å². The molecule has 6 heteroatoms. The summed E-state index contributed by atoms with van der Waals surface area (Å²) in [5.74, 6) is 1.80. The lowest BCUT2D eigenvalue weighted by molar-refractivity contribution is -0.121. The van der Waals surface area contributed by atoms with E-state index >= 15 is 0 Å². The number of carbonyl (C=O) groups is 1. The van der Waals surface area contributed by atoms with E-state index < -0.39 is 0 Å². The molecule has 0 bridgehead atoms. The van der Waals surface area contributed by atoms with Gasteiger partial charge < -0.3 is 14.6 Å². The lowest BCUT2D eigenvalue weighted by atomic mass is 10.1. The topological polar surface area (TPSA) is 77.2 Å².